The van der Waals surface area contributed by atoms with Gasteiger partial charge in [-0.2, -0.15) is 0 Å². The molecule has 0 radical (unpaired) electrons. The Labute approximate surface area is 110 Å². The lowest BCUT2D eigenvalue weighted by molar-refractivity contribution is -0.161. The van der Waals surface area contributed by atoms with Gasteiger partial charge in [-0.05, 0) is 24.6 Å². The Kier molecular flexibility index (Phi) is 4.65. The number of hydrogen-bond donors (Lipinski definition) is 1. The van der Waals surface area contributed by atoms with Gasteiger partial charge in [0.05, 0.1) is 6.61 Å². The van der Waals surface area contributed by atoms with Crippen molar-refractivity contribution in [2.24, 2.45) is 0 Å². The molecule has 0 aliphatic heterocycles. The summed E-state index contributed by atoms with van der Waals surface area (Å²) in [6, 6.07) is 4.58. The monoisotopic (exact) mass is 264 g/mol. The highest BCUT2D eigenvalue weighted by Crippen LogP contribution is 2.30. The van der Waals surface area contributed by atoms with Crippen LogP contribution in [0.3, 0.4) is 0 Å². The predicted molar refractivity (Wildman–Crippen MR) is 65.8 cm³/mol. The molecule has 1 rings (SSSR count). The van der Waals surface area contributed by atoms with Crippen molar-refractivity contribution in [2.45, 2.75) is 18.8 Å². The van der Waals surface area contributed by atoms with Crippen LogP contribution in [0, 0.1) is 18.2 Å². The van der Waals surface area contributed by atoms with Crippen molar-refractivity contribution in [1.82, 2.24) is 0 Å². The third-order valence-electron chi connectivity index (χ3n) is 2.69. The number of benzene rings is 1. The van der Waals surface area contributed by atoms with E-state index in [4.69, 9.17) is 11.2 Å². The van der Waals surface area contributed by atoms with Crippen LogP contribution in [0.15, 0.2) is 24.3 Å². The lowest BCUT2D eigenvalue weighted by atomic mass is 9.77. The number of halogens is 1. The summed E-state index contributed by atoms with van der Waals surface area (Å²) in [4.78, 5) is 23.5. The number of carboxylic acids is 1. The Bertz CT molecular complexity index is 515. The van der Waals surface area contributed by atoms with Crippen molar-refractivity contribution < 1.29 is 23.8 Å². The topological polar surface area (TPSA) is 63.6 Å². The summed E-state index contributed by atoms with van der Waals surface area (Å²) in [6.07, 6.45) is 4.79. The van der Waals surface area contributed by atoms with Gasteiger partial charge in [0.2, 0.25) is 5.41 Å². The molecule has 0 aliphatic rings. The van der Waals surface area contributed by atoms with E-state index in [2.05, 4.69) is 5.92 Å². The molecule has 100 valence electrons. The van der Waals surface area contributed by atoms with Crippen molar-refractivity contribution in [3.05, 3.63) is 35.6 Å². The zero-order valence-corrected chi connectivity index (χ0v) is 10.4. The van der Waals surface area contributed by atoms with Crippen LogP contribution >= 0.6 is 0 Å². The molecule has 0 heterocycles. The number of carboxylic acid groups (broad SMARTS) is 1. The normalized spacial score (nSPS) is 13.1. The van der Waals surface area contributed by atoms with E-state index in [1.165, 1.54) is 12.1 Å². The molecule has 1 unspecified atom stereocenters. The van der Waals surface area contributed by atoms with Gasteiger partial charge < -0.3 is 9.84 Å². The van der Waals surface area contributed by atoms with Crippen molar-refractivity contribution in [3.8, 4) is 12.3 Å². The Morgan fingerprint density at radius 3 is 2.42 bits per heavy atom. The highest BCUT2D eigenvalue weighted by atomic mass is 19.1. The molecular formula is C14H13FO4. The molecule has 19 heavy (non-hydrogen) atoms. The highest BCUT2D eigenvalue weighted by Gasteiger charge is 2.49. The average Bonchev–Trinajstić information content (AvgIpc) is 2.37. The van der Waals surface area contributed by atoms with E-state index >= 15 is 0 Å². The number of terminal acetylenes is 1. The fraction of sp³-hybridized carbons (Fsp3) is 0.286. The Morgan fingerprint density at radius 2 is 2.00 bits per heavy atom. The molecule has 0 fully saturated rings. The van der Waals surface area contributed by atoms with Crippen LogP contribution < -0.4 is 0 Å². The maximum atomic E-state index is 12.9. The van der Waals surface area contributed by atoms with Crippen LogP contribution in [0.4, 0.5) is 4.39 Å². The van der Waals surface area contributed by atoms with Crippen molar-refractivity contribution >= 4 is 11.9 Å². The van der Waals surface area contributed by atoms with Crippen LogP contribution in [0.5, 0.6) is 0 Å². The number of aliphatic carboxylic acids is 1. The fourth-order valence-corrected chi connectivity index (χ4v) is 1.72. The average molecular weight is 264 g/mol. The quantitative estimate of drug-likeness (QED) is 0.500. The minimum atomic E-state index is -2.00. The van der Waals surface area contributed by atoms with Gasteiger partial charge in [0.1, 0.15) is 5.82 Å². The van der Waals surface area contributed by atoms with Gasteiger partial charge in [-0.3, -0.25) is 9.59 Å². The van der Waals surface area contributed by atoms with E-state index in [0.29, 0.717) is 0 Å². The van der Waals surface area contributed by atoms with E-state index in [1.54, 1.807) is 6.92 Å². The number of carbonyl (C=O) groups is 2. The zero-order chi connectivity index (χ0) is 14.5. The van der Waals surface area contributed by atoms with Crippen molar-refractivity contribution in [3.63, 3.8) is 0 Å². The van der Waals surface area contributed by atoms with Gasteiger partial charge in [-0.1, -0.05) is 12.1 Å². The van der Waals surface area contributed by atoms with Crippen LogP contribution in [0.1, 0.15) is 18.9 Å². The van der Waals surface area contributed by atoms with Crippen molar-refractivity contribution in [2.75, 3.05) is 6.61 Å². The summed E-state index contributed by atoms with van der Waals surface area (Å²) in [6.45, 7) is 1.59. The van der Waals surface area contributed by atoms with Crippen LogP contribution in [0.25, 0.3) is 0 Å². The standard InChI is InChI=1S/C14H13FO4/c1-3-9-14(12(16)17,13(18)19-4-2)10-5-7-11(15)8-6-10/h1,5-8H,4,9H2,2H3,(H,16,17). The first-order valence-electron chi connectivity index (χ1n) is 5.59. The van der Waals surface area contributed by atoms with Gasteiger partial charge >= 0.3 is 11.9 Å². The molecule has 1 atom stereocenters. The van der Waals surface area contributed by atoms with Crippen LogP contribution in [0.2, 0.25) is 0 Å². The van der Waals surface area contributed by atoms with Gasteiger partial charge in [-0.25, -0.2) is 4.39 Å². The number of carbonyl (C=O) groups excluding carboxylic acids is 1. The summed E-state index contributed by atoms with van der Waals surface area (Å²) in [5.74, 6) is -0.740. The summed E-state index contributed by atoms with van der Waals surface area (Å²) >= 11 is 0. The molecule has 0 saturated carbocycles. The van der Waals surface area contributed by atoms with Gasteiger partial charge in [0.25, 0.3) is 0 Å². The first kappa shape index (κ1) is 14.7. The molecule has 1 aromatic rings. The molecular weight excluding hydrogens is 251 g/mol. The summed E-state index contributed by atoms with van der Waals surface area (Å²) < 4.78 is 17.7. The number of ether oxygens (including phenoxy) is 1. The first-order valence-corrected chi connectivity index (χ1v) is 5.59. The van der Waals surface area contributed by atoms with Gasteiger partial charge in [0, 0.05) is 6.42 Å². The predicted octanol–water partition coefficient (Wildman–Crippen LogP) is 1.73. The summed E-state index contributed by atoms with van der Waals surface area (Å²) in [7, 11) is 0. The minimum absolute atomic E-state index is 0.0274. The molecule has 1 aromatic carbocycles. The van der Waals surface area contributed by atoms with E-state index < -0.39 is 23.2 Å². The molecule has 0 spiro atoms. The summed E-state index contributed by atoms with van der Waals surface area (Å²) in [5, 5.41) is 9.38. The molecule has 5 heteroatoms. The molecule has 4 nitrogen and oxygen atoms in total. The van der Waals surface area contributed by atoms with Gasteiger partial charge in [0.15, 0.2) is 0 Å². The highest BCUT2D eigenvalue weighted by molar-refractivity contribution is 6.05. The maximum absolute atomic E-state index is 12.9. The SMILES string of the molecule is C#CCC(C(=O)O)(C(=O)OCC)c1ccc(F)cc1. The second-order valence-electron chi connectivity index (χ2n) is 3.82. The molecule has 1 N–H and O–H groups in total. The third kappa shape index (κ3) is 2.74. The Hall–Kier alpha value is -2.35. The van der Waals surface area contributed by atoms with E-state index in [9.17, 15) is 19.1 Å². The Balaban J connectivity index is 3.39. The Morgan fingerprint density at radius 1 is 1.42 bits per heavy atom. The summed E-state index contributed by atoms with van der Waals surface area (Å²) in [5.41, 5.74) is -1.91. The van der Waals surface area contributed by atoms with Gasteiger partial charge in [-0.15, -0.1) is 12.3 Å². The molecule has 0 amide bonds. The minimum Gasteiger partial charge on any atom is -0.480 e. The smallest absolute Gasteiger partial charge is 0.329 e. The molecule has 0 bridgehead atoms. The number of rotatable bonds is 5. The van der Waals surface area contributed by atoms with Crippen molar-refractivity contribution in [1.29, 1.82) is 0 Å². The number of esters is 1. The largest absolute Gasteiger partial charge is 0.480 e. The van der Waals surface area contributed by atoms with E-state index in [1.807, 2.05) is 0 Å². The number of hydrogen-bond acceptors (Lipinski definition) is 3. The first-order chi connectivity index (χ1) is 8.98. The second kappa shape index (κ2) is 6.01. The van der Waals surface area contributed by atoms with Crippen LogP contribution in [-0.4, -0.2) is 23.7 Å². The van der Waals surface area contributed by atoms with E-state index in [-0.39, 0.29) is 18.6 Å². The lowest BCUT2D eigenvalue weighted by Crippen LogP contribution is -2.44. The molecule has 0 saturated heterocycles. The van der Waals surface area contributed by atoms with Crippen LogP contribution in [-0.2, 0) is 19.7 Å². The zero-order valence-electron chi connectivity index (χ0n) is 10.4. The third-order valence-corrected chi connectivity index (χ3v) is 2.69. The fourth-order valence-electron chi connectivity index (χ4n) is 1.72. The second-order valence-corrected chi connectivity index (χ2v) is 3.82. The lowest BCUT2D eigenvalue weighted by Gasteiger charge is -2.25. The molecule has 0 aromatic heterocycles. The molecule has 0 aliphatic carbocycles. The maximum Gasteiger partial charge on any atom is 0.329 e. The van der Waals surface area contributed by atoms with E-state index in [0.717, 1.165) is 12.1 Å².